The molecule has 0 bridgehead atoms. The van der Waals surface area contributed by atoms with Gasteiger partial charge in [0, 0.05) is 27.2 Å². The maximum absolute atomic E-state index is 11.7. The molecule has 2 atom stereocenters. The molecule has 0 saturated heterocycles. The summed E-state index contributed by atoms with van der Waals surface area (Å²) in [7, 11) is -1.56. The van der Waals surface area contributed by atoms with E-state index in [2.05, 4.69) is 27.7 Å². The van der Waals surface area contributed by atoms with E-state index in [0.29, 0.717) is 11.8 Å². The quantitative estimate of drug-likeness (QED) is 0.627. The molecule has 0 aromatic carbocycles. The fraction of sp³-hybridized carbons (Fsp3) is 1.00. The van der Waals surface area contributed by atoms with Crippen molar-refractivity contribution in [3.05, 3.63) is 0 Å². The van der Waals surface area contributed by atoms with Crippen LogP contribution >= 0.6 is 0 Å². The lowest BCUT2D eigenvalue weighted by molar-refractivity contribution is 0.436. The summed E-state index contributed by atoms with van der Waals surface area (Å²) < 4.78 is 42.0. The van der Waals surface area contributed by atoms with Crippen molar-refractivity contribution < 1.29 is 8.42 Å². The summed E-state index contributed by atoms with van der Waals surface area (Å²) >= 11 is 0. The van der Waals surface area contributed by atoms with Crippen molar-refractivity contribution in [1.29, 1.82) is 9.56 Å². The predicted molar refractivity (Wildman–Crippen MR) is 114 cm³/mol. The van der Waals surface area contributed by atoms with Crippen LogP contribution in [0.3, 0.4) is 0 Å². The molecule has 0 aliphatic carbocycles. The third kappa shape index (κ3) is 11.2. The van der Waals surface area contributed by atoms with Crippen LogP contribution in [-0.2, 0) is 19.8 Å². The van der Waals surface area contributed by atoms with Gasteiger partial charge in [0.1, 0.15) is 19.8 Å². The van der Waals surface area contributed by atoms with Gasteiger partial charge < -0.3 is 0 Å². The zero-order chi connectivity index (χ0) is 19.9. The van der Waals surface area contributed by atoms with Crippen molar-refractivity contribution in [2.24, 2.45) is 11.8 Å². The summed E-state index contributed by atoms with van der Waals surface area (Å²) in [6.07, 6.45) is 0. The van der Waals surface area contributed by atoms with Gasteiger partial charge in [-0.3, -0.25) is 0 Å². The molecule has 25 heavy (non-hydrogen) atoms. The van der Waals surface area contributed by atoms with Crippen LogP contribution < -0.4 is 0 Å². The van der Waals surface area contributed by atoms with Crippen LogP contribution in [-0.4, -0.2) is 54.7 Å². The van der Waals surface area contributed by atoms with Gasteiger partial charge in [-0.15, -0.1) is 0 Å². The molecule has 0 aromatic heterocycles. The Balaban J connectivity index is -0.000000372. The van der Waals surface area contributed by atoms with Crippen LogP contribution in [0.15, 0.2) is 0 Å². The molecule has 2 N–H and O–H groups in total. The van der Waals surface area contributed by atoms with Gasteiger partial charge in [0.25, 0.3) is 0 Å². The predicted octanol–water partition coefficient (Wildman–Crippen LogP) is 4.52. The van der Waals surface area contributed by atoms with E-state index in [9.17, 15) is 8.42 Å². The molecule has 0 spiro atoms. The number of hydrogen-bond donors (Lipinski definition) is 2. The third-order valence-corrected chi connectivity index (χ3v) is 8.15. The second kappa shape index (κ2) is 12.3. The highest BCUT2D eigenvalue weighted by Crippen LogP contribution is 2.10. The fourth-order valence-corrected chi connectivity index (χ4v) is 4.45. The summed E-state index contributed by atoms with van der Waals surface area (Å²) in [5.74, 6) is 0.917. The standard InChI is InChI=1S/2C8H20N2OS.CH4/c2*1-7(2)6-10(5)12(9,11)8(3)4;/h2*7-9H,6H2,1-5H3;1H4/t2*12-;/m10./s1. The molecule has 6 nitrogen and oxygen atoms in total. The third-order valence-electron chi connectivity index (χ3n) is 3.45. The monoisotopic (exact) mass is 400 g/mol. The summed E-state index contributed by atoms with van der Waals surface area (Å²) in [4.78, 5) is 0. The summed E-state index contributed by atoms with van der Waals surface area (Å²) in [5.41, 5.74) is 0. The van der Waals surface area contributed by atoms with Crippen LogP contribution in [0.4, 0.5) is 0 Å². The molecule has 0 amide bonds. The highest BCUT2D eigenvalue weighted by molar-refractivity contribution is 7.90. The molecular formula is C17H44N4O2S2. The van der Waals surface area contributed by atoms with Gasteiger partial charge >= 0.3 is 0 Å². The van der Waals surface area contributed by atoms with Gasteiger partial charge in [0.15, 0.2) is 0 Å². The van der Waals surface area contributed by atoms with Gasteiger partial charge in [0.2, 0.25) is 0 Å². The average molecular weight is 401 g/mol. The highest BCUT2D eigenvalue weighted by atomic mass is 32.2. The van der Waals surface area contributed by atoms with Crippen molar-refractivity contribution in [2.75, 3.05) is 27.2 Å². The van der Waals surface area contributed by atoms with E-state index < -0.39 is 19.8 Å². The van der Waals surface area contributed by atoms with E-state index in [1.165, 1.54) is 0 Å². The summed E-state index contributed by atoms with van der Waals surface area (Å²) in [6, 6.07) is 0. The van der Waals surface area contributed by atoms with Crippen LogP contribution in [0.1, 0.15) is 62.8 Å². The molecule has 0 aliphatic rings. The summed E-state index contributed by atoms with van der Waals surface area (Å²) in [5, 5.41) is -0.192. The van der Waals surface area contributed by atoms with Crippen molar-refractivity contribution in [3.63, 3.8) is 0 Å². The van der Waals surface area contributed by atoms with Crippen molar-refractivity contribution >= 4 is 19.8 Å². The Kier molecular flexibility index (Phi) is 14.5. The topological polar surface area (TPSA) is 88.3 Å². The lowest BCUT2D eigenvalue weighted by Gasteiger charge is -2.24. The minimum atomic E-state index is -2.54. The van der Waals surface area contributed by atoms with Crippen molar-refractivity contribution in [2.45, 2.75) is 73.3 Å². The Bertz CT molecular complexity index is 489. The first-order chi connectivity index (χ1) is 10.6. The van der Waals surface area contributed by atoms with Gasteiger partial charge in [-0.25, -0.2) is 26.6 Å². The molecule has 0 rings (SSSR count). The maximum Gasteiger partial charge on any atom is 0.109 e. The van der Waals surface area contributed by atoms with E-state index in [0.717, 1.165) is 13.1 Å². The van der Waals surface area contributed by atoms with Crippen LogP contribution in [0.2, 0.25) is 0 Å². The van der Waals surface area contributed by atoms with E-state index in [-0.39, 0.29) is 17.9 Å². The lowest BCUT2D eigenvalue weighted by Crippen LogP contribution is -2.34. The zero-order valence-electron chi connectivity index (χ0n) is 17.3. The zero-order valence-corrected chi connectivity index (χ0v) is 18.9. The number of hydrogen-bond acceptors (Lipinski definition) is 4. The lowest BCUT2D eigenvalue weighted by atomic mass is 10.2. The first-order valence-electron chi connectivity index (χ1n) is 8.54. The smallest absolute Gasteiger partial charge is 0.109 e. The SMILES string of the molecule is C.CC(C)CN(C)[S@@](=N)(=O)C(C)C.CC(C)CN(C)[S@](=N)(=O)C(C)C. The average Bonchev–Trinajstić information content (AvgIpc) is 2.37. The Morgan fingerprint density at radius 2 is 0.880 bits per heavy atom. The molecule has 0 heterocycles. The van der Waals surface area contributed by atoms with Crippen LogP contribution in [0, 0.1) is 21.4 Å². The normalized spacial score (nSPS) is 16.6. The molecule has 0 aromatic rings. The number of rotatable bonds is 8. The second-order valence-corrected chi connectivity index (χ2v) is 13.1. The second-order valence-electron chi connectivity index (χ2n) is 7.64. The molecule has 0 radical (unpaired) electrons. The molecule has 0 unspecified atom stereocenters. The van der Waals surface area contributed by atoms with Gasteiger partial charge in [-0.1, -0.05) is 35.1 Å². The number of nitrogens with zero attached hydrogens (tertiary/aromatic N) is 2. The number of nitrogens with one attached hydrogen (secondary N) is 2. The van der Waals surface area contributed by atoms with Crippen LogP contribution in [0.5, 0.6) is 0 Å². The fourth-order valence-electron chi connectivity index (χ4n) is 1.97. The molecule has 156 valence electrons. The Hall–Kier alpha value is -0.180. The summed E-state index contributed by atoms with van der Waals surface area (Å²) in [6.45, 7) is 17.0. The Morgan fingerprint density at radius 3 is 1.00 bits per heavy atom. The van der Waals surface area contributed by atoms with E-state index in [1.807, 2.05) is 27.7 Å². The first-order valence-corrected chi connectivity index (χ1v) is 11.7. The molecule has 0 aliphatic heterocycles. The van der Waals surface area contributed by atoms with Crippen molar-refractivity contribution in [1.82, 2.24) is 8.61 Å². The van der Waals surface area contributed by atoms with Crippen LogP contribution in [0.25, 0.3) is 0 Å². The van der Waals surface area contributed by atoms with E-state index >= 15 is 0 Å². The van der Waals surface area contributed by atoms with Gasteiger partial charge in [-0.2, -0.15) is 0 Å². The van der Waals surface area contributed by atoms with Crippen molar-refractivity contribution in [3.8, 4) is 0 Å². The Morgan fingerprint density at radius 1 is 0.680 bits per heavy atom. The molecule has 8 heteroatoms. The largest absolute Gasteiger partial charge is 0.240 e. The Labute approximate surface area is 159 Å². The molecule has 0 saturated carbocycles. The minimum Gasteiger partial charge on any atom is -0.240 e. The van der Waals surface area contributed by atoms with Gasteiger partial charge in [0.05, 0.1) is 10.5 Å². The van der Waals surface area contributed by atoms with E-state index in [1.54, 1.807) is 22.7 Å². The maximum atomic E-state index is 11.7. The van der Waals surface area contributed by atoms with E-state index in [4.69, 9.17) is 9.56 Å². The first kappa shape index (κ1) is 29.6. The molecule has 0 fully saturated rings. The van der Waals surface area contributed by atoms with Gasteiger partial charge in [-0.05, 0) is 39.5 Å². The highest BCUT2D eigenvalue weighted by Gasteiger charge is 2.19. The molecular weight excluding hydrogens is 356 g/mol. The minimum absolute atomic E-state index is 0.